The van der Waals surface area contributed by atoms with Gasteiger partial charge in [0.15, 0.2) is 0 Å². The van der Waals surface area contributed by atoms with Crippen molar-refractivity contribution < 1.29 is 118 Å². The normalized spacial score (nSPS) is 3.79. The van der Waals surface area contributed by atoms with Crippen LogP contribution in [0.25, 0.3) is 0 Å². The zero-order chi connectivity index (χ0) is 21.7. The maximum absolute atomic E-state index is 8.62. The molecule has 0 aliphatic heterocycles. The van der Waals surface area contributed by atoms with Gasteiger partial charge in [-0.1, -0.05) is 22.3 Å². The monoisotopic (exact) mass is 466 g/mol. The van der Waals surface area contributed by atoms with Gasteiger partial charge >= 0.3 is 6.15 Å². The number of carboxylic acid groups (broad SMARTS) is 1. The van der Waals surface area contributed by atoms with Gasteiger partial charge in [-0.05, 0) is 0 Å². The van der Waals surface area contributed by atoms with Gasteiger partial charge in [0.1, 0.15) is 0 Å². The summed E-state index contributed by atoms with van der Waals surface area (Å²) in [5.41, 5.74) is 0. The smallest absolute Gasteiger partial charge is 0.373 e. The van der Waals surface area contributed by atoms with Crippen molar-refractivity contribution in [1.29, 1.82) is 0 Å². The van der Waals surface area contributed by atoms with Crippen LogP contribution in [0.1, 0.15) is 28.0 Å². The Labute approximate surface area is 167 Å². The van der Waals surface area contributed by atoms with E-state index in [4.69, 9.17) is 81.7 Å². The van der Waals surface area contributed by atoms with Gasteiger partial charge in [0.2, 0.25) is 11.9 Å². The number of carbonyl (C=O) groups is 1. The first-order valence-electron chi connectivity index (χ1n) is 3.16. The first kappa shape index (κ1) is 94.9. The highest BCUT2D eigenvalue weighted by Crippen LogP contribution is 1.33. The van der Waals surface area contributed by atoms with Gasteiger partial charge in [0.25, 0.3) is 6.47 Å². The summed E-state index contributed by atoms with van der Waals surface area (Å²) in [7, 11) is 0. The molecular formula is C7H30O22-6. The Bertz CT molecular complexity index is 215. The van der Waals surface area contributed by atoms with Crippen molar-refractivity contribution >= 4 is 24.5 Å². The quantitative estimate of drug-likeness (QED) is 0.0878. The molecule has 196 valence electrons. The van der Waals surface area contributed by atoms with E-state index in [0.29, 0.717) is 0 Å². The fourth-order valence-corrected chi connectivity index (χ4v) is 0. The van der Waals surface area contributed by atoms with Crippen molar-refractivity contribution in [3.63, 3.8) is 0 Å². The molecule has 0 aromatic rings. The number of rotatable bonds is 2. The molecule has 0 radical (unpaired) electrons. The van der Waals surface area contributed by atoms with Crippen LogP contribution in [-0.4, -0.2) is 72.1 Å². The van der Waals surface area contributed by atoms with Crippen molar-refractivity contribution in [2.75, 3.05) is 0 Å². The van der Waals surface area contributed by atoms with Gasteiger partial charge < -0.3 is 57.2 Å². The molecule has 0 aliphatic carbocycles. The van der Waals surface area contributed by atoms with Gasteiger partial charge in [0.05, 0.1) is 0 Å². The molecule has 22 nitrogen and oxygen atoms in total. The summed E-state index contributed by atoms with van der Waals surface area (Å²) >= 11 is 0. The summed E-state index contributed by atoms with van der Waals surface area (Å²) in [6.07, 6.45) is 0.250. The largest absolute Gasteiger partial charge is 0.870 e. The Hall–Kier alpha value is -2.63. The third kappa shape index (κ3) is 101000. The second-order valence-electron chi connectivity index (χ2n) is 0.665. The van der Waals surface area contributed by atoms with Crippen LogP contribution >= 0.6 is 0 Å². The molecule has 0 heterocycles. The fourth-order valence-electron chi connectivity index (χ4n) is 0. The van der Waals surface area contributed by atoms with Crippen LogP contribution < -0.4 is 21.0 Å². The molecule has 0 bridgehead atoms. The zero-order valence-electron chi connectivity index (χ0n) is 11.4. The zero-order valence-corrected chi connectivity index (χ0v) is 11.4. The maximum atomic E-state index is 8.62. The summed E-state index contributed by atoms with van der Waals surface area (Å²) in [6.45, 7) is -0.250. The van der Waals surface area contributed by atoms with E-state index in [1.54, 1.807) is 0 Å². The predicted octanol–water partition coefficient (Wildman–Crippen LogP) is -4.12. The van der Waals surface area contributed by atoms with E-state index in [1.807, 2.05) is 0 Å². The van der Waals surface area contributed by atoms with E-state index in [-0.39, 0.29) is 51.6 Å². The molecule has 0 aliphatic rings. The molecule has 29 heavy (non-hydrogen) atoms. The Morgan fingerprint density at radius 2 is 0.690 bits per heavy atom. The summed E-state index contributed by atoms with van der Waals surface area (Å²) in [6, 6.07) is 0. The van der Waals surface area contributed by atoms with Crippen molar-refractivity contribution in [3.05, 3.63) is 0 Å². The highest BCUT2D eigenvalue weighted by atomic mass is 17.6. The molecule has 0 aromatic carbocycles. The Morgan fingerprint density at radius 1 is 0.621 bits per heavy atom. The van der Waals surface area contributed by atoms with Crippen LogP contribution in [0.4, 0.5) is 0 Å². The SMILES string of the molecule is C.C.C.O=C=C=O.O=C=O.O=CO.OO.OO.OO.[HH].[HH].[HH].[HH].[O-]OO[O-].[O-]OO[O-].[OH-].[OH-]. The maximum Gasteiger partial charge on any atom is 0.373 e. The summed E-state index contributed by atoms with van der Waals surface area (Å²) < 4.78 is 0. The van der Waals surface area contributed by atoms with E-state index >= 15 is 0 Å². The Morgan fingerprint density at radius 3 is 0.690 bits per heavy atom. The van der Waals surface area contributed by atoms with Crippen molar-refractivity contribution in [2.24, 2.45) is 0 Å². The topological polar surface area (TPSA) is 416 Å². The lowest BCUT2D eigenvalue weighted by atomic mass is 11.2. The molecule has 9 N–H and O–H groups in total. The molecule has 0 unspecified atom stereocenters. The van der Waals surface area contributed by atoms with E-state index in [9.17, 15) is 0 Å². The molecule has 0 rings (SSSR count). The number of hydrogen-bond donors (Lipinski definition) is 7. The van der Waals surface area contributed by atoms with Crippen LogP contribution in [0.15, 0.2) is 0 Å². The van der Waals surface area contributed by atoms with Gasteiger partial charge in [-0.15, -0.1) is 0 Å². The average Bonchev–Trinajstić information content (AvgIpc) is 2.68. The standard InChI is InChI=1S/C2O2.CH2O2.CO2.3CH4.2H2O4.3H2O2.2H2O.4H2/c3-1-2-4;2*2-1-3;;;;2*1-3-4-2;3*1-2;;;;;;/h;1H,(H,2,3);;3*1H4;2*1-2H;3*1-2H;2*1H2;4*1H/p-6. The number of carbonyl (C=O) groups excluding carboxylic acids is 4. The third-order valence-electron chi connectivity index (χ3n) is 0.0972. The highest BCUT2D eigenvalue weighted by molar-refractivity contribution is 5.81. The lowest BCUT2D eigenvalue weighted by Crippen LogP contribution is -2.13. The van der Waals surface area contributed by atoms with E-state index in [2.05, 4.69) is 20.2 Å². The molecule has 0 fully saturated rings. The van der Waals surface area contributed by atoms with Gasteiger partial charge in [0, 0.05) is 5.71 Å². The Kier molecular flexibility index (Phi) is 1710. The molecule has 22 heteroatoms. The number of hydrogen-bond acceptors (Lipinski definition) is 21. The minimum atomic E-state index is -0.250. The predicted molar refractivity (Wildman–Crippen MR) is 77.7 cm³/mol. The van der Waals surface area contributed by atoms with Gasteiger partial charge in [-0.25, -0.2) is 9.59 Å². The summed E-state index contributed by atoms with van der Waals surface area (Å²) in [5.74, 6) is 1.75. The van der Waals surface area contributed by atoms with E-state index < -0.39 is 0 Å². The summed E-state index contributed by atoms with van der Waals surface area (Å²) in [4.78, 5) is 41.9. The van der Waals surface area contributed by atoms with Crippen LogP contribution in [0, 0.1) is 0 Å². The minimum Gasteiger partial charge on any atom is -0.870 e. The first-order chi connectivity index (χ1) is 11.6. The molecule has 0 aromatic heterocycles. The third-order valence-corrected chi connectivity index (χ3v) is 0.0972. The van der Waals surface area contributed by atoms with Crippen LogP contribution in [0.5, 0.6) is 0 Å². The lowest BCUT2D eigenvalue weighted by Gasteiger charge is -2.05. The second-order valence-corrected chi connectivity index (χ2v) is 0.665. The van der Waals surface area contributed by atoms with E-state index in [0.717, 1.165) is 11.9 Å². The molecule has 0 atom stereocenters. The molecule has 0 spiro atoms. The molecule has 0 saturated carbocycles. The minimum absolute atomic E-state index is 0. The van der Waals surface area contributed by atoms with Gasteiger partial charge in [-0.3, -0.25) is 36.3 Å². The van der Waals surface area contributed by atoms with Crippen molar-refractivity contribution in [3.8, 4) is 0 Å². The molecule has 0 saturated heterocycles. The van der Waals surface area contributed by atoms with Gasteiger partial charge in [-0.2, -0.15) is 9.59 Å². The second kappa shape index (κ2) is 522. The molecular weight excluding hydrogens is 436 g/mol. The first-order valence-corrected chi connectivity index (χ1v) is 3.16. The summed E-state index contributed by atoms with van der Waals surface area (Å²) in [5, 5.41) is 84.9. The Balaban J connectivity index is -0.00000000576. The molecule has 0 amide bonds. The van der Waals surface area contributed by atoms with Crippen LogP contribution in [-0.2, 0) is 44.1 Å². The van der Waals surface area contributed by atoms with Crippen molar-refractivity contribution in [2.45, 2.75) is 22.3 Å². The van der Waals surface area contributed by atoms with E-state index in [1.165, 1.54) is 0 Å². The van der Waals surface area contributed by atoms with Crippen LogP contribution in [0.2, 0.25) is 0 Å². The fraction of sp³-hybridized carbons (Fsp3) is 0.429. The highest BCUT2D eigenvalue weighted by Gasteiger charge is 1.27. The van der Waals surface area contributed by atoms with Crippen molar-refractivity contribution in [1.82, 2.24) is 0 Å². The average molecular weight is 466 g/mol. The van der Waals surface area contributed by atoms with Crippen LogP contribution in [0.3, 0.4) is 0 Å². The lowest BCUT2D eigenvalue weighted by molar-refractivity contribution is -0.958.